The van der Waals surface area contributed by atoms with E-state index in [2.05, 4.69) is 17.3 Å². The lowest BCUT2D eigenvalue weighted by Crippen LogP contribution is -2.23. The minimum Gasteiger partial charge on any atom is -0.308 e. The average molecular weight is 284 g/mol. The molecule has 1 unspecified atom stereocenters. The highest BCUT2D eigenvalue weighted by Gasteiger charge is 2.10. The van der Waals surface area contributed by atoms with Gasteiger partial charge in [0.1, 0.15) is 0 Å². The molecule has 0 amide bonds. The molecule has 1 atom stereocenters. The Morgan fingerprint density at radius 3 is 2.89 bits per heavy atom. The van der Waals surface area contributed by atoms with Crippen LogP contribution in [0.25, 0.3) is 0 Å². The maximum absolute atomic E-state index is 6.18. The van der Waals surface area contributed by atoms with Crippen LogP contribution in [0.15, 0.2) is 36.7 Å². The zero-order valence-corrected chi connectivity index (χ0v) is 11.6. The second-order valence-electron chi connectivity index (χ2n) is 4.09. The summed E-state index contributed by atoms with van der Waals surface area (Å²) in [6.45, 7) is 3.72. The molecule has 1 aromatic heterocycles. The Morgan fingerprint density at radius 1 is 1.33 bits per heavy atom. The van der Waals surface area contributed by atoms with Crippen molar-refractivity contribution in [2.45, 2.75) is 19.5 Å². The topological polar surface area (TPSA) is 29.9 Å². The Bertz CT molecular complexity index is 497. The van der Waals surface area contributed by atoms with Crippen LogP contribution < -0.4 is 5.32 Å². The Kier molecular flexibility index (Phi) is 4.64. The van der Waals surface area contributed by atoms with Gasteiger partial charge in [-0.05, 0) is 24.6 Å². The highest BCUT2D eigenvalue weighted by molar-refractivity contribution is 6.42. The van der Waals surface area contributed by atoms with Crippen molar-refractivity contribution in [3.8, 4) is 0 Å². The van der Waals surface area contributed by atoms with Crippen molar-refractivity contribution in [3.63, 3.8) is 0 Å². The molecule has 2 aromatic rings. The normalized spacial score (nSPS) is 12.6. The quantitative estimate of drug-likeness (QED) is 0.910. The van der Waals surface area contributed by atoms with Crippen LogP contribution in [-0.4, -0.2) is 16.3 Å². The summed E-state index contributed by atoms with van der Waals surface area (Å²) in [5.41, 5.74) is 1.02. The Balaban J connectivity index is 1.91. The van der Waals surface area contributed by atoms with Crippen LogP contribution in [0.2, 0.25) is 10.0 Å². The van der Waals surface area contributed by atoms with Crippen LogP contribution in [0, 0.1) is 0 Å². The van der Waals surface area contributed by atoms with Gasteiger partial charge in [0, 0.05) is 25.0 Å². The number of rotatable bonds is 5. The summed E-state index contributed by atoms with van der Waals surface area (Å²) in [6.07, 6.45) is 3.72. The molecule has 5 heteroatoms. The highest BCUT2D eigenvalue weighted by atomic mass is 35.5. The number of halogens is 2. The first-order chi connectivity index (χ1) is 8.68. The smallest absolute Gasteiger partial charge is 0.0639 e. The average Bonchev–Trinajstić information content (AvgIpc) is 2.85. The number of aromatic nitrogens is 2. The van der Waals surface area contributed by atoms with Crippen LogP contribution in [0.5, 0.6) is 0 Å². The SMILES string of the molecule is CC(NCCn1cccn1)c1cccc(Cl)c1Cl. The number of hydrogen-bond donors (Lipinski definition) is 1. The fraction of sp³-hybridized carbons (Fsp3) is 0.308. The van der Waals surface area contributed by atoms with Gasteiger partial charge in [-0.1, -0.05) is 35.3 Å². The van der Waals surface area contributed by atoms with Crippen molar-refractivity contribution in [1.29, 1.82) is 0 Å². The van der Waals surface area contributed by atoms with Crippen molar-refractivity contribution in [2.24, 2.45) is 0 Å². The van der Waals surface area contributed by atoms with E-state index in [9.17, 15) is 0 Å². The molecule has 0 spiro atoms. The molecule has 0 saturated heterocycles. The molecule has 1 heterocycles. The van der Waals surface area contributed by atoms with Crippen molar-refractivity contribution in [3.05, 3.63) is 52.3 Å². The molecular weight excluding hydrogens is 269 g/mol. The summed E-state index contributed by atoms with van der Waals surface area (Å²) in [5.74, 6) is 0. The molecule has 1 N–H and O–H groups in total. The zero-order valence-electron chi connectivity index (χ0n) is 10.1. The highest BCUT2D eigenvalue weighted by Crippen LogP contribution is 2.29. The molecule has 1 aromatic carbocycles. The van der Waals surface area contributed by atoms with Crippen LogP contribution in [0.4, 0.5) is 0 Å². The third-order valence-corrected chi connectivity index (χ3v) is 3.63. The summed E-state index contributed by atoms with van der Waals surface area (Å²) >= 11 is 12.2. The zero-order chi connectivity index (χ0) is 13.0. The Labute approximate surface area is 117 Å². The summed E-state index contributed by atoms with van der Waals surface area (Å²) in [5, 5.41) is 8.76. The standard InChI is InChI=1S/C13H15Cl2N3/c1-10(11-4-2-5-12(14)13(11)15)16-7-9-18-8-3-6-17-18/h2-6,8,10,16H,7,9H2,1H3. The first-order valence-electron chi connectivity index (χ1n) is 5.83. The van der Waals surface area contributed by atoms with Crippen molar-refractivity contribution in [2.75, 3.05) is 6.54 Å². The Morgan fingerprint density at radius 2 is 2.17 bits per heavy atom. The molecule has 0 bridgehead atoms. The van der Waals surface area contributed by atoms with E-state index in [-0.39, 0.29) is 6.04 Å². The van der Waals surface area contributed by atoms with Gasteiger partial charge in [0.05, 0.1) is 16.6 Å². The van der Waals surface area contributed by atoms with E-state index in [0.717, 1.165) is 18.7 Å². The second kappa shape index (κ2) is 6.23. The molecule has 0 aliphatic rings. The minimum atomic E-state index is 0.159. The molecule has 0 saturated carbocycles. The van der Waals surface area contributed by atoms with E-state index in [4.69, 9.17) is 23.2 Å². The lowest BCUT2D eigenvalue weighted by Gasteiger charge is -2.16. The fourth-order valence-corrected chi connectivity index (χ4v) is 2.26. The van der Waals surface area contributed by atoms with E-state index in [0.29, 0.717) is 10.0 Å². The number of hydrogen-bond acceptors (Lipinski definition) is 2. The van der Waals surface area contributed by atoms with Gasteiger partial charge in [-0.25, -0.2) is 0 Å². The second-order valence-corrected chi connectivity index (χ2v) is 4.87. The van der Waals surface area contributed by atoms with Gasteiger partial charge in [0.2, 0.25) is 0 Å². The lowest BCUT2D eigenvalue weighted by atomic mass is 10.1. The third-order valence-electron chi connectivity index (χ3n) is 2.80. The van der Waals surface area contributed by atoms with E-state index in [1.165, 1.54) is 0 Å². The van der Waals surface area contributed by atoms with E-state index in [1.54, 1.807) is 12.3 Å². The molecule has 0 radical (unpaired) electrons. The van der Waals surface area contributed by atoms with Crippen LogP contribution in [0.3, 0.4) is 0 Å². The molecule has 3 nitrogen and oxygen atoms in total. The predicted octanol–water partition coefficient (Wildman–Crippen LogP) is 3.54. The molecule has 96 valence electrons. The van der Waals surface area contributed by atoms with E-state index in [1.807, 2.05) is 29.1 Å². The monoisotopic (exact) mass is 283 g/mol. The molecule has 18 heavy (non-hydrogen) atoms. The van der Waals surface area contributed by atoms with Gasteiger partial charge in [-0.3, -0.25) is 4.68 Å². The van der Waals surface area contributed by atoms with E-state index >= 15 is 0 Å². The summed E-state index contributed by atoms with van der Waals surface area (Å²) in [7, 11) is 0. The van der Waals surface area contributed by atoms with Gasteiger partial charge >= 0.3 is 0 Å². The molecule has 0 fully saturated rings. The first kappa shape index (κ1) is 13.4. The number of nitrogens with one attached hydrogen (secondary N) is 1. The molecule has 0 aliphatic heterocycles. The summed E-state index contributed by atoms with van der Waals surface area (Å²) in [4.78, 5) is 0. The molecule has 0 aliphatic carbocycles. The number of nitrogens with zero attached hydrogens (tertiary/aromatic N) is 2. The number of benzene rings is 1. The van der Waals surface area contributed by atoms with Gasteiger partial charge < -0.3 is 5.32 Å². The third kappa shape index (κ3) is 3.25. The van der Waals surface area contributed by atoms with Crippen LogP contribution in [-0.2, 0) is 6.54 Å². The summed E-state index contributed by atoms with van der Waals surface area (Å²) < 4.78 is 1.89. The van der Waals surface area contributed by atoms with Crippen molar-refractivity contribution in [1.82, 2.24) is 15.1 Å². The van der Waals surface area contributed by atoms with Gasteiger partial charge in [0.15, 0.2) is 0 Å². The molecular formula is C13H15Cl2N3. The maximum Gasteiger partial charge on any atom is 0.0639 e. The predicted molar refractivity (Wildman–Crippen MR) is 75.1 cm³/mol. The van der Waals surface area contributed by atoms with Crippen LogP contribution >= 0.6 is 23.2 Å². The lowest BCUT2D eigenvalue weighted by molar-refractivity contribution is 0.507. The van der Waals surface area contributed by atoms with Crippen molar-refractivity contribution >= 4 is 23.2 Å². The van der Waals surface area contributed by atoms with Crippen molar-refractivity contribution < 1.29 is 0 Å². The minimum absolute atomic E-state index is 0.159. The van der Waals surface area contributed by atoms with Crippen LogP contribution in [0.1, 0.15) is 18.5 Å². The van der Waals surface area contributed by atoms with Gasteiger partial charge in [-0.15, -0.1) is 0 Å². The largest absolute Gasteiger partial charge is 0.308 e. The van der Waals surface area contributed by atoms with Gasteiger partial charge in [-0.2, -0.15) is 5.10 Å². The fourth-order valence-electron chi connectivity index (χ4n) is 1.79. The first-order valence-corrected chi connectivity index (χ1v) is 6.59. The van der Waals surface area contributed by atoms with Gasteiger partial charge in [0.25, 0.3) is 0 Å². The summed E-state index contributed by atoms with van der Waals surface area (Å²) in [6, 6.07) is 7.77. The molecule has 2 rings (SSSR count). The van der Waals surface area contributed by atoms with E-state index < -0.39 is 0 Å². The maximum atomic E-state index is 6.18. The Hall–Kier alpha value is -1.03.